The smallest absolute Gasteiger partial charge is 0.339 e. The number of rotatable bonds is 7. The van der Waals surface area contributed by atoms with Crippen LogP contribution in [0.15, 0.2) is 10.5 Å². The Morgan fingerprint density at radius 1 is 1.38 bits per heavy atom. The Morgan fingerprint density at radius 2 is 2.12 bits per heavy atom. The Morgan fingerprint density at radius 3 is 2.69 bits per heavy atom. The molecule has 2 N–H and O–H groups in total. The van der Waals surface area contributed by atoms with Gasteiger partial charge in [0.2, 0.25) is 5.91 Å². The third kappa shape index (κ3) is 4.43. The number of likely N-dealkylation sites (tertiary alicyclic amines) is 1. The number of carbonyl (C=O) groups is 3. The first-order valence-electron chi connectivity index (χ1n) is 8.82. The molecule has 1 aromatic rings. The van der Waals surface area contributed by atoms with E-state index in [2.05, 4.69) is 5.32 Å². The topological polar surface area (TPSA) is 109 Å². The number of carbonyl (C=O) groups excluding carboxylic acids is 2. The van der Waals surface area contributed by atoms with Crippen molar-refractivity contribution >= 4 is 17.8 Å². The van der Waals surface area contributed by atoms with Crippen LogP contribution in [0.25, 0.3) is 0 Å². The Labute approximate surface area is 152 Å². The fourth-order valence-electron chi connectivity index (χ4n) is 3.14. The van der Waals surface area contributed by atoms with E-state index in [1.165, 1.54) is 6.07 Å². The molecule has 8 nitrogen and oxygen atoms in total. The molecule has 2 heterocycles. The summed E-state index contributed by atoms with van der Waals surface area (Å²) < 4.78 is 10.4. The van der Waals surface area contributed by atoms with E-state index in [1.54, 1.807) is 18.9 Å². The molecule has 0 spiro atoms. The summed E-state index contributed by atoms with van der Waals surface area (Å²) in [5, 5.41) is 12.0. The van der Waals surface area contributed by atoms with Crippen molar-refractivity contribution in [2.24, 2.45) is 5.92 Å². The molecule has 2 amide bonds. The van der Waals surface area contributed by atoms with Crippen molar-refractivity contribution in [2.75, 3.05) is 26.8 Å². The van der Waals surface area contributed by atoms with Gasteiger partial charge in [-0.15, -0.1) is 0 Å². The maximum absolute atomic E-state index is 12.8. The van der Waals surface area contributed by atoms with Crippen molar-refractivity contribution in [3.63, 3.8) is 0 Å². The van der Waals surface area contributed by atoms with Crippen LogP contribution < -0.4 is 5.32 Å². The van der Waals surface area contributed by atoms with E-state index in [9.17, 15) is 19.5 Å². The van der Waals surface area contributed by atoms with Gasteiger partial charge in [0.05, 0.1) is 12.5 Å². The molecule has 26 heavy (non-hydrogen) atoms. The lowest BCUT2D eigenvalue weighted by molar-refractivity contribution is -0.126. The second-order valence-electron chi connectivity index (χ2n) is 6.47. The summed E-state index contributed by atoms with van der Waals surface area (Å²) in [6.45, 7) is 4.82. The highest BCUT2D eigenvalue weighted by molar-refractivity contribution is 5.96. The first-order chi connectivity index (χ1) is 12.4. The van der Waals surface area contributed by atoms with Crippen LogP contribution in [0.1, 0.15) is 53.4 Å². The molecule has 0 bridgehead atoms. The summed E-state index contributed by atoms with van der Waals surface area (Å²) in [6, 6.07) is 1.23. The lowest BCUT2D eigenvalue weighted by atomic mass is 9.92. The molecule has 1 saturated heterocycles. The predicted octanol–water partition coefficient (Wildman–Crippen LogP) is 1.54. The SMILES string of the molecule is CCc1oc(C(=O)N2CC(C(=O)NCCOC)CCC2C)cc1C(=O)O. The second kappa shape index (κ2) is 8.84. The van der Waals surface area contributed by atoms with Crippen molar-refractivity contribution < 1.29 is 28.6 Å². The number of aromatic carboxylic acids is 1. The van der Waals surface area contributed by atoms with Gasteiger partial charge >= 0.3 is 5.97 Å². The zero-order valence-corrected chi connectivity index (χ0v) is 15.4. The molecule has 144 valence electrons. The van der Waals surface area contributed by atoms with Crippen molar-refractivity contribution in [1.29, 1.82) is 0 Å². The average molecular weight is 366 g/mol. The molecule has 2 rings (SSSR count). The highest BCUT2D eigenvalue weighted by Crippen LogP contribution is 2.26. The first kappa shape index (κ1) is 20.0. The molecule has 1 aromatic heterocycles. The van der Waals surface area contributed by atoms with Crippen LogP contribution in [0.5, 0.6) is 0 Å². The van der Waals surface area contributed by atoms with E-state index in [1.807, 2.05) is 6.92 Å². The minimum Gasteiger partial charge on any atom is -0.478 e. The maximum Gasteiger partial charge on any atom is 0.339 e. The van der Waals surface area contributed by atoms with Gasteiger partial charge in [-0.1, -0.05) is 6.92 Å². The van der Waals surface area contributed by atoms with Gasteiger partial charge in [-0.2, -0.15) is 0 Å². The standard InChI is InChI=1S/C18H26N2O6/c1-4-14-13(18(23)24)9-15(26-14)17(22)20-10-12(6-5-11(20)2)16(21)19-7-8-25-3/h9,11-12H,4-8,10H2,1-3H3,(H,19,21)(H,23,24). The number of methoxy groups -OCH3 is 1. The van der Waals surface area contributed by atoms with Gasteiger partial charge in [-0.05, 0) is 19.8 Å². The summed E-state index contributed by atoms with van der Waals surface area (Å²) >= 11 is 0. The molecule has 1 aliphatic rings. The van der Waals surface area contributed by atoms with Gasteiger partial charge in [-0.25, -0.2) is 4.79 Å². The van der Waals surface area contributed by atoms with E-state index in [0.717, 1.165) is 0 Å². The van der Waals surface area contributed by atoms with Crippen molar-refractivity contribution in [3.8, 4) is 0 Å². The van der Waals surface area contributed by atoms with E-state index in [4.69, 9.17) is 9.15 Å². The molecular weight excluding hydrogens is 340 g/mol. The number of ether oxygens (including phenoxy) is 1. The minimum atomic E-state index is -1.12. The number of nitrogens with zero attached hydrogens (tertiary/aromatic N) is 1. The molecule has 1 aliphatic heterocycles. The highest BCUT2D eigenvalue weighted by atomic mass is 16.5. The van der Waals surface area contributed by atoms with Crippen LogP contribution in [0, 0.1) is 5.92 Å². The number of furan rings is 1. The number of nitrogens with one attached hydrogen (secondary N) is 1. The zero-order chi connectivity index (χ0) is 19.3. The fraction of sp³-hybridized carbons (Fsp3) is 0.611. The number of carboxylic acids is 1. The quantitative estimate of drug-likeness (QED) is 0.709. The zero-order valence-electron chi connectivity index (χ0n) is 15.4. The van der Waals surface area contributed by atoms with Crippen LogP contribution in [0.3, 0.4) is 0 Å². The Hall–Kier alpha value is -2.35. The molecule has 1 fully saturated rings. The molecule has 2 unspecified atom stereocenters. The summed E-state index contributed by atoms with van der Waals surface area (Å²) in [5.74, 6) is -1.62. The average Bonchev–Trinajstić information content (AvgIpc) is 3.06. The first-order valence-corrected chi connectivity index (χ1v) is 8.82. The Balaban J connectivity index is 2.11. The molecular formula is C18H26N2O6. The lowest BCUT2D eigenvalue weighted by Gasteiger charge is -2.36. The number of hydrogen-bond donors (Lipinski definition) is 2. The normalized spacial score (nSPS) is 20.0. The van der Waals surface area contributed by atoms with Gasteiger partial charge in [0.25, 0.3) is 5.91 Å². The number of carboxylic acid groups (broad SMARTS) is 1. The summed E-state index contributed by atoms with van der Waals surface area (Å²) in [5.41, 5.74) is 0.00868. The van der Waals surface area contributed by atoms with E-state index in [0.29, 0.717) is 32.4 Å². The van der Waals surface area contributed by atoms with Crippen molar-refractivity contribution in [2.45, 2.75) is 39.2 Å². The van der Waals surface area contributed by atoms with Crippen LogP contribution in [-0.4, -0.2) is 60.6 Å². The molecule has 0 saturated carbocycles. The number of amides is 2. The van der Waals surface area contributed by atoms with Crippen LogP contribution >= 0.6 is 0 Å². The molecule has 0 aliphatic carbocycles. The van der Waals surface area contributed by atoms with E-state index < -0.39 is 5.97 Å². The number of piperidine rings is 1. The lowest BCUT2D eigenvalue weighted by Crippen LogP contribution is -2.49. The van der Waals surface area contributed by atoms with Gasteiger partial charge < -0.3 is 24.5 Å². The maximum atomic E-state index is 12.8. The summed E-state index contributed by atoms with van der Waals surface area (Å²) in [6.07, 6.45) is 1.78. The summed E-state index contributed by atoms with van der Waals surface area (Å²) in [7, 11) is 1.56. The van der Waals surface area contributed by atoms with Gasteiger partial charge in [0.15, 0.2) is 5.76 Å². The fourth-order valence-corrected chi connectivity index (χ4v) is 3.14. The van der Waals surface area contributed by atoms with Crippen molar-refractivity contribution in [3.05, 3.63) is 23.2 Å². The number of hydrogen-bond acceptors (Lipinski definition) is 5. The van der Waals surface area contributed by atoms with Crippen LogP contribution in [-0.2, 0) is 16.0 Å². The predicted molar refractivity (Wildman–Crippen MR) is 93.2 cm³/mol. The van der Waals surface area contributed by atoms with Gasteiger partial charge in [0, 0.05) is 38.7 Å². The largest absolute Gasteiger partial charge is 0.478 e. The van der Waals surface area contributed by atoms with E-state index >= 15 is 0 Å². The Bertz CT molecular complexity index is 669. The third-order valence-electron chi connectivity index (χ3n) is 4.69. The van der Waals surface area contributed by atoms with Crippen LogP contribution in [0.4, 0.5) is 0 Å². The Kier molecular flexibility index (Phi) is 6.79. The van der Waals surface area contributed by atoms with E-state index in [-0.39, 0.29) is 47.4 Å². The van der Waals surface area contributed by atoms with Crippen LogP contribution in [0.2, 0.25) is 0 Å². The monoisotopic (exact) mass is 366 g/mol. The second-order valence-corrected chi connectivity index (χ2v) is 6.47. The third-order valence-corrected chi connectivity index (χ3v) is 4.69. The van der Waals surface area contributed by atoms with Crippen molar-refractivity contribution in [1.82, 2.24) is 10.2 Å². The summed E-state index contributed by atoms with van der Waals surface area (Å²) in [4.78, 5) is 38.0. The van der Waals surface area contributed by atoms with Gasteiger partial charge in [0.1, 0.15) is 11.3 Å². The number of aryl methyl sites for hydroxylation is 1. The molecule has 0 aromatic carbocycles. The molecule has 0 radical (unpaired) electrons. The molecule has 8 heteroatoms. The highest BCUT2D eigenvalue weighted by Gasteiger charge is 2.34. The minimum absolute atomic E-state index is 0.00606. The van der Waals surface area contributed by atoms with Gasteiger partial charge in [-0.3, -0.25) is 9.59 Å². The molecule has 2 atom stereocenters.